The summed E-state index contributed by atoms with van der Waals surface area (Å²) in [5.41, 5.74) is -0.0971. The number of nitrogens with one attached hydrogen (secondary N) is 1. The van der Waals surface area contributed by atoms with Gasteiger partial charge in [0.2, 0.25) is 0 Å². The van der Waals surface area contributed by atoms with Crippen LogP contribution in [0.5, 0.6) is 0 Å². The first-order valence-corrected chi connectivity index (χ1v) is 9.88. The van der Waals surface area contributed by atoms with Crippen molar-refractivity contribution in [3.05, 3.63) is 51.2 Å². The number of rotatable bonds is 2. The molecule has 0 fully saturated rings. The SMILES string of the molecule is CC(C)(C)OC(=O)N1CCc2c(C(=O)Nc3cccc(C(F)(F)F)c3)csc2C1. The van der Waals surface area contributed by atoms with Crippen molar-refractivity contribution in [3.63, 3.8) is 0 Å². The maximum Gasteiger partial charge on any atom is 0.416 e. The van der Waals surface area contributed by atoms with E-state index in [1.54, 1.807) is 31.1 Å². The van der Waals surface area contributed by atoms with Gasteiger partial charge in [-0.25, -0.2) is 4.79 Å². The van der Waals surface area contributed by atoms with Crippen LogP contribution in [0.3, 0.4) is 0 Å². The summed E-state index contributed by atoms with van der Waals surface area (Å²) < 4.78 is 43.9. The number of thiophene rings is 1. The van der Waals surface area contributed by atoms with E-state index in [-0.39, 0.29) is 5.69 Å². The van der Waals surface area contributed by atoms with Crippen LogP contribution in [0, 0.1) is 0 Å². The van der Waals surface area contributed by atoms with Crippen LogP contribution in [0.25, 0.3) is 0 Å². The van der Waals surface area contributed by atoms with Crippen LogP contribution in [0.4, 0.5) is 23.7 Å². The highest BCUT2D eigenvalue weighted by atomic mass is 32.1. The van der Waals surface area contributed by atoms with Crippen LogP contribution in [0.2, 0.25) is 0 Å². The van der Waals surface area contributed by atoms with E-state index < -0.39 is 29.3 Å². The molecule has 2 amide bonds. The summed E-state index contributed by atoms with van der Waals surface area (Å²) in [7, 11) is 0. The third-order valence-electron chi connectivity index (χ3n) is 4.29. The standard InChI is InChI=1S/C20H21F3N2O3S/c1-19(2,3)28-18(27)25-8-7-14-15(11-29-16(14)10-25)17(26)24-13-6-4-5-12(9-13)20(21,22)23/h4-6,9,11H,7-8,10H2,1-3H3,(H,24,26). The number of hydrogen-bond acceptors (Lipinski definition) is 4. The average Bonchev–Trinajstić information content (AvgIpc) is 3.03. The molecule has 0 saturated carbocycles. The molecule has 9 heteroatoms. The van der Waals surface area contributed by atoms with Crippen molar-refractivity contribution < 1.29 is 27.5 Å². The quantitative estimate of drug-likeness (QED) is 0.708. The molecule has 0 aliphatic carbocycles. The molecule has 1 aliphatic heterocycles. The van der Waals surface area contributed by atoms with E-state index in [2.05, 4.69) is 5.32 Å². The molecule has 0 spiro atoms. The number of fused-ring (bicyclic) bond motifs is 1. The predicted octanol–water partition coefficient (Wildman–Crippen LogP) is 5.31. The molecule has 0 radical (unpaired) electrons. The minimum absolute atomic E-state index is 0.0796. The molecular weight excluding hydrogens is 405 g/mol. The summed E-state index contributed by atoms with van der Waals surface area (Å²) in [6.07, 6.45) is -4.41. The monoisotopic (exact) mass is 426 g/mol. The summed E-state index contributed by atoms with van der Waals surface area (Å²) in [5, 5.41) is 4.21. The van der Waals surface area contributed by atoms with Gasteiger partial charge in [0.05, 0.1) is 17.7 Å². The molecule has 29 heavy (non-hydrogen) atoms. The van der Waals surface area contributed by atoms with Gasteiger partial charge in [-0.15, -0.1) is 11.3 Å². The lowest BCUT2D eigenvalue weighted by atomic mass is 10.0. The van der Waals surface area contributed by atoms with E-state index >= 15 is 0 Å². The zero-order chi connectivity index (χ0) is 21.4. The normalized spacial score (nSPS) is 14.3. The first-order valence-electron chi connectivity index (χ1n) is 9.00. The molecule has 1 N–H and O–H groups in total. The summed E-state index contributed by atoms with van der Waals surface area (Å²) in [6, 6.07) is 4.52. The Morgan fingerprint density at radius 1 is 1.21 bits per heavy atom. The Morgan fingerprint density at radius 3 is 2.59 bits per heavy atom. The summed E-state index contributed by atoms with van der Waals surface area (Å²) in [5.74, 6) is -0.465. The first kappa shape index (κ1) is 21.2. The second-order valence-electron chi connectivity index (χ2n) is 7.74. The van der Waals surface area contributed by atoms with Crippen LogP contribution in [0.1, 0.15) is 47.1 Å². The van der Waals surface area contributed by atoms with Gasteiger partial charge in [-0.3, -0.25) is 4.79 Å². The minimum Gasteiger partial charge on any atom is -0.444 e. The fraction of sp³-hybridized carbons (Fsp3) is 0.400. The maximum absolute atomic E-state index is 12.9. The average molecular weight is 426 g/mol. The largest absolute Gasteiger partial charge is 0.444 e. The molecule has 0 unspecified atom stereocenters. The summed E-state index contributed by atoms with van der Waals surface area (Å²) >= 11 is 1.35. The number of alkyl halides is 3. The molecule has 2 heterocycles. The van der Waals surface area contributed by atoms with Crippen molar-refractivity contribution in [1.29, 1.82) is 0 Å². The Balaban J connectivity index is 1.72. The fourth-order valence-corrected chi connectivity index (χ4v) is 4.07. The highest BCUT2D eigenvalue weighted by Crippen LogP contribution is 2.32. The van der Waals surface area contributed by atoms with Gasteiger partial charge in [-0.2, -0.15) is 13.2 Å². The van der Waals surface area contributed by atoms with Gasteiger partial charge in [-0.05, 0) is 51.0 Å². The number of benzene rings is 1. The van der Waals surface area contributed by atoms with Gasteiger partial charge >= 0.3 is 12.3 Å². The fourth-order valence-electron chi connectivity index (χ4n) is 2.97. The number of carbonyl (C=O) groups excluding carboxylic acids is 2. The molecule has 1 aliphatic rings. The molecule has 1 aromatic carbocycles. The lowest BCUT2D eigenvalue weighted by Gasteiger charge is -2.30. The van der Waals surface area contributed by atoms with Crippen LogP contribution < -0.4 is 5.32 Å². The van der Waals surface area contributed by atoms with Gasteiger partial charge in [-0.1, -0.05) is 6.07 Å². The molecule has 0 atom stereocenters. The van der Waals surface area contributed by atoms with E-state index in [1.165, 1.54) is 23.5 Å². The lowest BCUT2D eigenvalue weighted by molar-refractivity contribution is -0.137. The minimum atomic E-state index is -4.48. The summed E-state index contributed by atoms with van der Waals surface area (Å²) in [4.78, 5) is 27.3. The van der Waals surface area contributed by atoms with Crippen LogP contribution in [-0.2, 0) is 23.9 Å². The van der Waals surface area contributed by atoms with Gasteiger partial charge in [0.1, 0.15) is 5.60 Å². The number of halogens is 3. The van der Waals surface area contributed by atoms with E-state index in [1.807, 2.05) is 0 Å². The van der Waals surface area contributed by atoms with Crippen molar-refractivity contribution in [2.24, 2.45) is 0 Å². The lowest BCUT2D eigenvalue weighted by Crippen LogP contribution is -2.39. The third-order valence-corrected chi connectivity index (χ3v) is 5.30. The van der Waals surface area contributed by atoms with Crippen molar-refractivity contribution >= 4 is 29.0 Å². The van der Waals surface area contributed by atoms with Gasteiger partial charge in [0.15, 0.2) is 0 Å². The number of amides is 2. The molecule has 156 valence electrons. The van der Waals surface area contributed by atoms with E-state index in [4.69, 9.17) is 4.74 Å². The highest BCUT2D eigenvalue weighted by Gasteiger charge is 2.31. The number of nitrogens with zero attached hydrogens (tertiary/aromatic N) is 1. The van der Waals surface area contributed by atoms with Crippen LogP contribution >= 0.6 is 11.3 Å². The van der Waals surface area contributed by atoms with E-state index in [0.717, 1.165) is 22.6 Å². The van der Waals surface area contributed by atoms with Crippen molar-refractivity contribution in [2.45, 2.75) is 45.5 Å². The molecule has 2 aromatic rings. The second kappa shape index (κ2) is 7.70. The molecule has 3 rings (SSSR count). The Bertz CT molecular complexity index is 932. The molecule has 5 nitrogen and oxygen atoms in total. The Kier molecular flexibility index (Phi) is 5.62. The van der Waals surface area contributed by atoms with Crippen molar-refractivity contribution in [1.82, 2.24) is 4.90 Å². The molecular formula is C20H21F3N2O3S. The van der Waals surface area contributed by atoms with Crippen molar-refractivity contribution in [2.75, 3.05) is 11.9 Å². The van der Waals surface area contributed by atoms with Crippen LogP contribution in [0.15, 0.2) is 29.6 Å². The molecule has 0 saturated heterocycles. The topological polar surface area (TPSA) is 58.6 Å². The number of carbonyl (C=O) groups is 2. The number of anilines is 1. The number of ether oxygens (including phenoxy) is 1. The third kappa shape index (κ3) is 5.09. The Labute approximate surface area is 170 Å². The number of hydrogen-bond donors (Lipinski definition) is 1. The summed E-state index contributed by atoms with van der Waals surface area (Å²) in [6.45, 7) is 6.12. The van der Waals surface area contributed by atoms with Crippen molar-refractivity contribution in [3.8, 4) is 0 Å². The molecule has 1 aromatic heterocycles. The van der Waals surface area contributed by atoms with Gasteiger partial charge < -0.3 is 15.0 Å². The zero-order valence-corrected chi connectivity index (χ0v) is 17.0. The Hall–Kier alpha value is -2.55. The van der Waals surface area contributed by atoms with Gasteiger partial charge in [0, 0.05) is 22.5 Å². The first-order chi connectivity index (χ1) is 13.4. The van der Waals surface area contributed by atoms with Gasteiger partial charge in [0.25, 0.3) is 5.91 Å². The molecule has 0 bridgehead atoms. The van der Waals surface area contributed by atoms with Crippen LogP contribution in [-0.4, -0.2) is 29.0 Å². The highest BCUT2D eigenvalue weighted by molar-refractivity contribution is 7.10. The maximum atomic E-state index is 12.9. The van der Waals surface area contributed by atoms with E-state index in [9.17, 15) is 22.8 Å². The zero-order valence-electron chi connectivity index (χ0n) is 16.2. The van der Waals surface area contributed by atoms with E-state index in [0.29, 0.717) is 25.1 Å². The Morgan fingerprint density at radius 2 is 1.93 bits per heavy atom. The second-order valence-corrected chi connectivity index (χ2v) is 8.70. The smallest absolute Gasteiger partial charge is 0.416 e. The predicted molar refractivity (Wildman–Crippen MR) is 104 cm³/mol.